The zero-order valence-corrected chi connectivity index (χ0v) is 15.8. The number of ether oxygens (including phenoxy) is 2. The summed E-state index contributed by atoms with van der Waals surface area (Å²) in [7, 11) is 1.61. The molecule has 0 aliphatic carbocycles. The van der Waals surface area contributed by atoms with Crippen molar-refractivity contribution in [3.05, 3.63) is 59.7 Å². The highest BCUT2D eigenvalue weighted by molar-refractivity contribution is 5.99. The Labute approximate surface area is 159 Å². The van der Waals surface area contributed by atoms with Gasteiger partial charge in [0.2, 0.25) is 0 Å². The molecule has 0 aliphatic heterocycles. The van der Waals surface area contributed by atoms with Crippen LogP contribution in [0.4, 0.5) is 0 Å². The van der Waals surface area contributed by atoms with E-state index >= 15 is 0 Å². The van der Waals surface area contributed by atoms with Crippen molar-refractivity contribution >= 4 is 11.8 Å². The van der Waals surface area contributed by atoms with Crippen LogP contribution in [0.3, 0.4) is 0 Å². The third kappa shape index (κ3) is 6.66. The van der Waals surface area contributed by atoms with Crippen molar-refractivity contribution < 1.29 is 19.1 Å². The quantitative estimate of drug-likeness (QED) is 0.630. The van der Waals surface area contributed by atoms with Gasteiger partial charge in [-0.25, -0.2) is 0 Å². The number of amides is 2. The molecule has 0 aliphatic rings. The van der Waals surface area contributed by atoms with Crippen LogP contribution < -0.4 is 20.1 Å². The van der Waals surface area contributed by atoms with Crippen molar-refractivity contribution in [1.82, 2.24) is 10.6 Å². The second kappa shape index (κ2) is 10.9. The van der Waals surface area contributed by atoms with Crippen molar-refractivity contribution in [3.8, 4) is 11.5 Å². The van der Waals surface area contributed by atoms with Crippen molar-refractivity contribution in [2.75, 3.05) is 26.8 Å². The Balaban J connectivity index is 1.79. The summed E-state index contributed by atoms with van der Waals surface area (Å²) in [6.07, 6.45) is 1.95. The largest absolute Gasteiger partial charge is 0.497 e. The van der Waals surface area contributed by atoms with Gasteiger partial charge in [-0.3, -0.25) is 9.59 Å². The molecule has 2 rings (SSSR count). The maximum absolute atomic E-state index is 12.3. The van der Waals surface area contributed by atoms with Crippen molar-refractivity contribution in [2.24, 2.45) is 0 Å². The molecule has 6 nitrogen and oxygen atoms in total. The summed E-state index contributed by atoms with van der Waals surface area (Å²) < 4.78 is 10.7. The van der Waals surface area contributed by atoms with E-state index in [1.807, 2.05) is 12.1 Å². The lowest BCUT2D eigenvalue weighted by molar-refractivity contribution is 0.0947. The number of benzene rings is 2. The summed E-state index contributed by atoms with van der Waals surface area (Å²) >= 11 is 0. The monoisotopic (exact) mass is 370 g/mol. The van der Waals surface area contributed by atoms with E-state index in [0.29, 0.717) is 36.6 Å². The molecule has 0 heterocycles. The third-order valence-corrected chi connectivity index (χ3v) is 3.92. The van der Waals surface area contributed by atoms with Gasteiger partial charge in [-0.1, -0.05) is 19.4 Å². The molecule has 0 radical (unpaired) electrons. The van der Waals surface area contributed by atoms with Gasteiger partial charge in [0.05, 0.1) is 13.7 Å². The van der Waals surface area contributed by atoms with Gasteiger partial charge < -0.3 is 20.1 Å². The van der Waals surface area contributed by atoms with Crippen LogP contribution in [0.15, 0.2) is 48.5 Å². The molecule has 0 saturated carbocycles. The standard InChI is InChI=1S/C21H26N2O4/c1-3-4-12-22-20(24)16-6-5-7-17(15-16)21(25)23-13-14-27-19-10-8-18(26-2)9-11-19/h5-11,15H,3-4,12-14H2,1-2H3,(H,22,24)(H,23,25). The predicted octanol–water partition coefficient (Wildman–Crippen LogP) is 3.03. The maximum atomic E-state index is 12.3. The number of unbranched alkanes of at least 4 members (excludes halogenated alkanes) is 1. The van der Waals surface area contributed by atoms with Crippen molar-refractivity contribution in [3.63, 3.8) is 0 Å². The molecule has 2 N–H and O–H groups in total. The molecule has 27 heavy (non-hydrogen) atoms. The minimum Gasteiger partial charge on any atom is -0.497 e. The third-order valence-electron chi connectivity index (χ3n) is 3.92. The Morgan fingerprint density at radius 1 is 0.889 bits per heavy atom. The smallest absolute Gasteiger partial charge is 0.251 e. The van der Waals surface area contributed by atoms with E-state index in [1.54, 1.807) is 43.5 Å². The zero-order valence-electron chi connectivity index (χ0n) is 15.8. The Hall–Kier alpha value is -3.02. The Kier molecular flexibility index (Phi) is 8.16. The topological polar surface area (TPSA) is 76.7 Å². The molecule has 2 amide bonds. The number of nitrogens with one attached hydrogen (secondary N) is 2. The van der Waals surface area contributed by atoms with Crippen LogP contribution in [0, 0.1) is 0 Å². The average molecular weight is 370 g/mol. The fourth-order valence-electron chi connectivity index (χ4n) is 2.39. The van der Waals surface area contributed by atoms with Crippen molar-refractivity contribution in [2.45, 2.75) is 19.8 Å². The first kappa shape index (κ1) is 20.3. The van der Waals surface area contributed by atoms with E-state index in [4.69, 9.17) is 9.47 Å². The highest BCUT2D eigenvalue weighted by Crippen LogP contribution is 2.16. The van der Waals surface area contributed by atoms with Gasteiger partial charge in [0.1, 0.15) is 18.1 Å². The van der Waals surface area contributed by atoms with Crippen LogP contribution in [-0.4, -0.2) is 38.6 Å². The van der Waals surface area contributed by atoms with Crippen LogP contribution in [0.1, 0.15) is 40.5 Å². The number of rotatable bonds is 10. The van der Waals surface area contributed by atoms with Gasteiger partial charge in [-0.05, 0) is 48.9 Å². The number of carbonyl (C=O) groups is 2. The lowest BCUT2D eigenvalue weighted by Gasteiger charge is -2.09. The average Bonchev–Trinajstić information content (AvgIpc) is 2.71. The second-order valence-electron chi connectivity index (χ2n) is 5.97. The maximum Gasteiger partial charge on any atom is 0.251 e. The Bertz CT molecular complexity index is 744. The van der Waals surface area contributed by atoms with E-state index < -0.39 is 0 Å². The number of hydrogen-bond donors (Lipinski definition) is 2. The van der Waals surface area contributed by atoms with Crippen LogP contribution in [0.5, 0.6) is 11.5 Å². The van der Waals surface area contributed by atoms with Gasteiger partial charge in [0, 0.05) is 17.7 Å². The number of methoxy groups -OCH3 is 1. The molecule has 6 heteroatoms. The van der Waals surface area contributed by atoms with Gasteiger partial charge in [0.15, 0.2) is 0 Å². The first-order valence-corrected chi connectivity index (χ1v) is 9.07. The van der Waals surface area contributed by atoms with E-state index in [0.717, 1.165) is 18.6 Å². The number of carbonyl (C=O) groups excluding carboxylic acids is 2. The van der Waals surface area contributed by atoms with E-state index in [-0.39, 0.29) is 11.8 Å². The lowest BCUT2D eigenvalue weighted by Crippen LogP contribution is -2.29. The molecule has 0 fully saturated rings. The SMILES string of the molecule is CCCCNC(=O)c1cccc(C(=O)NCCOc2ccc(OC)cc2)c1. The highest BCUT2D eigenvalue weighted by atomic mass is 16.5. The minimum absolute atomic E-state index is 0.166. The molecule has 0 atom stereocenters. The molecule has 0 bridgehead atoms. The molecule has 2 aromatic carbocycles. The van der Waals surface area contributed by atoms with Gasteiger partial charge >= 0.3 is 0 Å². The summed E-state index contributed by atoms with van der Waals surface area (Å²) in [6, 6.07) is 13.9. The fourth-order valence-corrected chi connectivity index (χ4v) is 2.39. The summed E-state index contributed by atoms with van der Waals surface area (Å²) in [5.41, 5.74) is 0.927. The molecular weight excluding hydrogens is 344 g/mol. The van der Waals surface area contributed by atoms with Crippen LogP contribution in [-0.2, 0) is 0 Å². The minimum atomic E-state index is -0.239. The molecule has 0 unspecified atom stereocenters. The zero-order chi connectivity index (χ0) is 19.5. The Morgan fingerprint density at radius 2 is 1.48 bits per heavy atom. The lowest BCUT2D eigenvalue weighted by atomic mass is 10.1. The second-order valence-corrected chi connectivity index (χ2v) is 5.97. The van der Waals surface area contributed by atoms with Gasteiger partial charge in [0.25, 0.3) is 11.8 Å². The summed E-state index contributed by atoms with van der Waals surface area (Å²) in [5.74, 6) is 1.06. The normalized spacial score (nSPS) is 10.1. The molecule has 2 aromatic rings. The van der Waals surface area contributed by atoms with Gasteiger partial charge in [-0.15, -0.1) is 0 Å². The fraction of sp³-hybridized carbons (Fsp3) is 0.333. The van der Waals surface area contributed by atoms with Crippen LogP contribution in [0.2, 0.25) is 0 Å². The van der Waals surface area contributed by atoms with Crippen LogP contribution in [0.25, 0.3) is 0 Å². The Morgan fingerprint density at radius 3 is 2.07 bits per heavy atom. The van der Waals surface area contributed by atoms with Gasteiger partial charge in [-0.2, -0.15) is 0 Å². The predicted molar refractivity (Wildman–Crippen MR) is 105 cm³/mol. The first-order valence-electron chi connectivity index (χ1n) is 9.07. The number of hydrogen-bond acceptors (Lipinski definition) is 4. The molecule has 0 spiro atoms. The van der Waals surface area contributed by atoms with E-state index in [1.165, 1.54) is 0 Å². The molecule has 0 saturated heterocycles. The molecular formula is C21H26N2O4. The summed E-state index contributed by atoms with van der Waals surface area (Å²) in [5, 5.41) is 5.63. The van der Waals surface area contributed by atoms with Crippen molar-refractivity contribution in [1.29, 1.82) is 0 Å². The van der Waals surface area contributed by atoms with Crippen LogP contribution >= 0.6 is 0 Å². The molecule has 0 aromatic heterocycles. The molecule has 144 valence electrons. The van der Waals surface area contributed by atoms with E-state index in [2.05, 4.69) is 17.6 Å². The highest BCUT2D eigenvalue weighted by Gasteiger charge is 2.10. The summed E-state index contributed by atoms with van der Waals surface area (Å²) in [4.78, 5) is 24.3. The first-order chi connectivity index (χ1) is 13.1. The summed E-state index contributed by atoms with van der Waals surface area (Å²) in [6.45, 7) is 3.40. The van der Waals surface area contributed by atoms with E-state index in [9.17, 15) is 9.59 Å².